The third-order valence-corrected chi connectivity index (χ3v) is 5.36. The Balaban J connectivity index is 2.98. The Bertz CT molecular complexity index is 619. The van der Waals surface area contributed by atoms with Crippen molar-refractivity contribution < 1.29 is 18.8 Å². The summed E-state index contributed by atoms with van der Waals surface area (Å²) in [4.78, 5) is 24.7. The molecule has 1 aromatic rings. The number of hydrogen-bond donors (Lipinski definition) is 1. The lowest BCUT2D eigenvalue weighted by atomic mass is 10.3. The van der Waals surface area contributed by atoms with E-state index < -0.39 is 18.5 Å². The predicted molar refractivity (Wildman–Crippen MR) is 91.0 cm³/mol. The number of nitrogens with two attached hydrogens (primary N) is 1. The van der Waals surface area contributed by atoms with Gasteiger partial charge in [-0.05, 0) is 4.92 Å². The Hall–Kier alpha value is -0.650. The fourth-order valence-electron chi connectivity index (χ4n) is 1.79. The smallest absolute Gasteiger partial charge is 0.390 e. The molecular weight excluding hydrogens is 461 g/mol. The molecule has 0 aromatic carbocycles. The van der Waals surface area contributed by atoms with Crippen LogP contribution in [0.25, 0.3) is 0 Å². The lowest BCUT2D eigenvalue weighted by molar-refractivity contribution is -0.396. The third-order valence-electron chi connectivity index (χ3n) is 2.96. The van der Waals surface area contributed by atoms with E-state index in [0.717, 1.165) is 4.57 Å². The van der Waals surface area contributed by atoms with E-state index in [9.17, 15) is 19.5 Å². The molecule has 0 saturated carbocycles. The van der Waals surface area contributed by atoms with Gasteiger partial charge < -0.3 is 10.1 Å². The molecular formula is C10H16Br2N5O5P. The van der Waals surface area contributed by atoms with Crippen LogP contribution in [0.15, 0.2) is 0 Å². The van der Waals surface area contributed by atoms with Crippen LogP contribution in [0.4, 0.5) is 5.95 Å². The van der Waals surface area contributed by atoms with Crippen molar-refractivity contribution in [2.45, 2.75) is 6.61 Å². The van der Waals surface area contributed by atoms with Gasteiger partial charge in [-0.3, -0.25) is 13.9 Å². The fraction of sp³-hybridized carbons (Fsp3) is 0.600. The first-order valence-electron chi connectivity index (χ1n) is 6.34. The van der Waals surface area contributed by atoms with E-state index in [0.29, 0.717) is 30.0 Å². The van der Waals surface area contributed by atoms with Crippen LogP contribution < -0.4 is 5.50 Å². The summed E-state index contributed by atoms with van der Waals surface area (Å²) < 4.78 is 20.3. The average Bonchev–Trinajstić information content (AvgIpc) is 2.81. The van der Waals surface area contributed by atoms with E-state index in [1.165, 1.54) is 11.7 Å². The monoisotopic (exact) mass is 475 g/mol. The van der Waals surface area contributed by atoms with E-state index in [1.54, 1.807) is 0 Å². The van der Waals surface area contributed by atoms with Gasteiger partial charge in [-0.15, -0.1) is 0 Å². The average molecular weight is 477 g/mol. The number of rotatable bonds is 10. The molecule has 1 heterocycles. The molecule has 0 aliphatic rings. The predicted octanol–water partition coefficient (Wildman–Crippen LogP) is 1.82. The second kappa shape index (κ2) is 9.00. The second-order valence-corrected chi connectivity index (χ2v) is 7.89. The molecule has 23 heavy (non-hydrogen) atoms. The summed E-state index contributed by atoms with van der Waals surface area (Å²) in [5, 5.41) is 11.9. The molecule has 10 nitrogen and oxygen atoms in total. The molecule has 0 amide bonds. The summed E-state index contributed by atoms with van der Waals surface area (Å²) in [6.45, 7) is 0.456. The van der Waals surface area contributed by atoms with Crippen molar-refractivity contribution in [1.29, 1.82) is 0 Å². The van der Waals surface area contributed by atoms with Gasteiger partial charge in [-0.25, -0.2) is 14.7 Å². The van der Waals surface area contributed by atoms with E-state index in [4.69, 9.17) is 10.0 Å². The van der Waals surface area contributed by atoms with Crippen molar-refractivity contribution in [3.63, 3.8) is 0 Å². The molecule has 2 N–H and O–H groups in total. The van der Waals surface area contributed by atoms with Gasteiger partial charge in [0.15, 0.2) is 12.0 Å². The molecule has 0 aliphatic carbocycles. The lowest BCUT2D eigenvalue weighted by Crippen LogP contribution is -2.29. The first-order valence-corrected chi connectivity index (χ1v) is 10.2. The summed E-state index contributed by atoms with van der Waals surface area (Å²) in [5.41, 5.74) is 5.74. The van der Waals surface area contributed by atoms with Crippen LogP contribution in [0.1, 0.15) is 16.2 Å². The number of aldehydes is 1. The van der Waals surface area contributed by atoms with Crippen molar-refractivity contribution in [2.24, 2.45) is 12.6 Å². The molecule has 0 bridgehead atoms. The summed E-state index contributed by atoms with van der Waals surface area (Å²) >= 11 is 6.48. The van der Waals surface area contributed by atoms with Gasteiger partial charge in [0.05, 0.1) is 7.05 Å². The first kappa shape index (κ1) is 20.4. The highest BCUT2D eigenvalue weighted by atomic mass is 79.9. The zero-order valence-electron chi connectivity index (χ0n) is 12.2. The van der Waals surface area contributed by atoms with E-state index >= 15 is 0 Å². The van der Waals surface area contributed by atoms with Gasteiger partial charge in [0.2, 0.25) is 5.69 Å². The van der Waals surface area contributed by atoms with E-state index in [2.05, 4.69) is 36.8 Å². The number of halogens is 2. The van der Waals surface area contributed by atoms with Crippen molar-refractivity contribution in [3.05, 3.63) is 21.5 Å². The van der Waals surface area contributed by atoms with Crippen LogP contribution in [0.3, 0.4) is 0 Å². The molecule has 0 spiro atoms. The molecule has 13 heteroatoms. The highest BCUT2D eigenvalue weighted by Gasteiger charge is 2.30. The molecule has 0 aliphatic heterocycles. The van der Waals surface area contributed by atoms with Gasteiger partial charge >= 0.3 is 13.6 Å². The number of nitro groups is 1. The van der Waals surface area contributed by atoms with Crippen molar-refractivity contribution in [1.82, 2.24) is 14.2 Å². The molecule has 1 rings (SSSR count). The highest BCUT2D eigenvalue weighted by Crippen LogP contribution is 2.43. The second-order valence-electron chi connectivity index (χ2n) is 4.35. The van der Waals surface area contributed by atoms with E-state index in [1.807, 2.05) is 0 Å². The van der Waals surface area contributed by atoms with Gasteiger partial charge in [0, 0.05) is 23.7 Å². The van der Waals surface area contributed by atoms with Gasteiger partial charge in [-0.1, -0.05) is 36.8 Å². The van der Waals surface area contributed by atoms with Crippen LogP contribution >= 0.6 is 39.5 Å². The van der Waals surface area contributed by atoms with Crippen LogP contribution in [0.2, 0.25) is 0 Å². The molecule has 1 aromatic heterocycles. The highest BCUT2D eigenvalue weighted by molar-refractivity contribution is 9.09. The maximum absolute atomic E-state index is 12.5. The third kappa shape index (κ3) is 5.16. The molecule has 1 unspecified atom stereocenters. The van der Waals surface area contributed by atoms with E-state index in [-0.39, 0.29) is 18.0 Å². The summed E-state index contributed by atoms with van der Waals surface area (Å²) in [7, 11) is -2.25. The lowest BCUT2D eigenvalue weighted by Gasteiger charge is -2.26. The van der Waals surface area contributed by atoms with Crippen molar-refractivity contribution >= 4 is 51.8 Å². The standard InChI is InChI=1S/C10H16Br2N5O5P/c1-15-9(8(6-18)14-10(15)17(19)20)7-22-23(13,21)16(4-2-11)5-3-12/h6H,2-5,7H2,1H3,(H2,13,21). The fourth-order valence-corrected chi connectivity index (χ4v) is 4.42. The topological polar surface area (TPSA) is 134 Å². The molecule has 0 saturated heterocycles. The Labute approximate surface area is 149 Å². The number of carbonyl (C=O) groups is 1. The van der Waals surface area contributed by atoms with Crippen LogP contribution in [-0.2, 0) is 22.7 Å². The van der Waals surface area contributed by atoms with Gasteiger partial charge in [0.25, 0.3) is 0 Å². The Morgan fingerprint density at radius 1 is 1.48 bits per heavy atom. The minimum absolute atomic E-state index is 0.134. The van der Waals surface area contributed by atoms with Crippen molar-refractivity contribution in [2.75, 3.05) is 23.7 Å². The SMILES string of the molecule is Cn1c([N+](=O)[O-])nc(C=O)c1COP(N)(=O)N(CCBr)CCBr. The maximum Gasteiger partial charge on any atom is 0.435 e. The normalized spacial score (nSPS) is 14.0. The number of hydrogen-bond acceptors (Lipinski definition) is 6. The minimum atomic E-state index is -3.62. The van der Waals surface area contributed by atoms with Crippen LogP contribution in [0, 0.1) is 10.1 Å². The van der Waals surface area contributed by atoms with Gasteiger partial charge in [-0.2, -0.15) is 0 Å². The number of carbonyl (C=O) groups excluding carboxylic acids is 1. The summed E-state index contributed by atoms with van der Waals surface area (Å²) in [5.74, 6) is -0.504. The maximum atomic E-state index is 12.5. The zero-order valence-corrected chi connectivity index (χ0v) is 16.3. The Morgan fingerprint density at radius 2 is 2.04 bits per heavy atom. The quantitative estimate of drug-likeness (QED) is 0.178. The number of alkyl halides is 2. The van der Waals surface area contributed by atoms with Crippen LogP contribution in [-0.4, -0.2) is 49.2 Å². The number of nitrogens with zero attached hydrogens (tertiary/aromatic N) is 4. The molecule has 130 valence electrons. The largest absolute Gasteiger partial charge is 0.435 e. The van der Waals surface area contributed by atoms with Crippen molar-refractivity contribution in [3.8, 4) is 0 Å². The van der Waals surface area contributed by atoms with Crippen LogP contribution in [0.5, 0.6) is 0 Å². The zero-order chi connectivity index (χ0) is 17.6. The summed E-state index contributed by atoms with van der Waals surface area (Å²) in [6.07, 6.45) is 0.377. The summed E-state index contributed by atoms with van der Waals surface area (Å²) in [6, 6.07) is 0. The number of aromatic nitrogens is 2. The minimum Gasteiger partial charge on any atom is -0.390 e. The Kier molecular flexibility index (Phi) is 7.98. The molecule has 0 radical (unpaired) electrons. The molecule has 0 fully saturated rings. The Morgan fingerprint density at radius 3 is 2.48 bits per heavy atom. The molecule has 1 atom stereocenters. The first-order chi connectivity index (χ1) is 10.8. The number of imidazole rings is 1. The van der Waals surface area contributed by atoms with Gasteiger partial charge in [0.1, 0.15) is 6.61 Å².